The first-order valence-electron chi connectivity index (χ1n) is 6.53. The summed E-state index contributed by atoms with van der Waals surface area (Å²) in [5.41, 5.74) is 0.318. The summed E-state index contributed by atoms with van der Waals surface area (Å²) < 4.78 is 12.5. The summed E-state index contributed by atoms with van der Waals surface area (Å²) in [5.74, 6) is 0.494. The normalized spacial score (nSPS) is 12.7. The zero-order chi connectivity index (χ0) is 16.2. The molecule has 1 aromatic heterocycles. The average Bonchev–Trinajstić information content (AvgIpc) is 2.29. The first-order chi connectivity index (χ1) is 9.58. The summed E-state index contributed by atoms with van der Waals surface area (Å²) in [5, 5.41) is 2.71. The van der Waals surface area contributed by atoms with Crippen LogP contribution in [0.25, 0.3) is 0 Å². The van der Waals surface area contributed by atoms with Gasteiger partial charge in [-0.1, -0.05) is 0 Å². The van der Waals surface area contributed by atoms with Crippen molar-refractivity contribution in [1.29, 1.82) is 0 Å². The fourth-order valence-electron chi connectivity index (χ4n) is 1.39. The second-order valence-corrected chi connectivity index (χ2v) is 7.41. The van der Waals surface area contributed by atoms with E-state index in [1.807, 2.05) is 40.7 Å². The lowest BCUT2D eigenvalue weighted by Gasteiger charge is -2.22. The molecule has 0 aliphatic heterocycles. The van der Waals surface area contributed by atoms with Gasteiger partial charge in [-0.05, 0) is 72.5 Å². The number of carbonyl (C=O) groups excluding carboxylic acids is 1. The van der Waals surface area contributed by atoms with Gasteiger partial charge in [0, 0.05) is 4.47 Å². The van der Waals surface area contributed by atoms with Gasteiger partial charge in [0.1, 0.15) is 12.2 Å². The first-order valence-corrected chi connectivity index (χ1v) is 8.12. The lowest BCUT2D eigenvalue weighted by molar-refractivity contribution is 0.0493. The number of hydrogen-bond donors (Lipinski definition) is 1. The summed E-state index contributed by atoms with van der Waals surface area (Å²) in [6.07, 6.45) is -0.461. The van der Waals surface area contributed by atoms with E-state index in [0.717, 1.165) is 14.6 Å². The summed E-state index contributed by atoms with van der Waals surface area (Å²) >= 11 is 6.79. The molecule has 1 N–H and O–H groups in total. The Hall–Kier alpha value is -0.820. The lowest BCUT2D eigenvalue weighted by Crippen LogP contribution is -2.40. The third kappa shape index (κ3) is 6.65. The fraction of sp³-hybridized carbons (Fsp3) is 0.571. The molecule has 1 aromatic rings. The van der Waals surface area contributed by atoms with E-state index in [4.69, 9.17) is 9.47 Å². The van der Waals surface area contributed by atoms with E-state index in [9.17, 15) is 4.79 Å². The summed E-state index contributed by atoms with van der Waals surface area (Å²) in [6, 6.07) is 1.68. The van der Waals surface area contributed by atoms with Gasteiger partial charge >= 0.3 is 6.09 Å². The Bertz CT molecular complexity index is 516. The Labute approximate surface area is 142 Å². The molecule has 0 radical (unpaired) electrons. The molecule has 118 valence electrons. The van der Waals surface area contributed by atoms with Crippen molar-refractivity contribution in [1.82, 2.24) is 10.3 Å². The largest absolute Gasteiger partial charge is 0.475 e. The van der Waals surface area contributed by atoms with Crippen LogP contribution in [0, 0.1) is 6.92 Å². The average molecular weight is 424 g/mol. The number of nitrogens with zero attached hydrogens (tertiary/aromatic N) is 1. The number of halogens is 2. The van der Waals surface area contributed by atoms with Crippen LogP contribution in [0.15, 0.2) is 15.0 Å². The molecule has 1 atom stereocenters. The molecule has 0 aromatic carbocycles. The molecular weight excluding hydrogens is 404 g/mol. The number of aromatic nitrogens is 1. The predicted octanol–water partition coefficient (Wildman–Crippen LogP) is 4.21. The molecular formula is C14H20Br2N2O3. The number of rotatable bonds is 4. The second-order valence-electron chi connectivity index (χ2n) is 5.70. The van der Waals surface area contributed by atoms with Gasteiger partial charge < -0.3 is 14.8 Å². The molecule has 0 aliphatic carbocycles. The van der Waals surface area contributed by atoms with Crippen LogP contribution in [-0.2, 0) is 4.74 Å². The molecule has 1 heterocycles. The van der Waals surface area contributed by atoms with Gasteiger partial charge in [-0.3, -0.25) is 0 Å². The highest BCUT2D eigenvalue weighted by Crippen LogP contribution is 2.28. The number of alkyl carbamates (subject to hydrolysis) is 1. The number of nitrogens with one attached hydrogen (secondary N) is 1. The Morgan fingerprint density at radius 1 is 1.38 bits per heavy atom. The molecule has 0 spiro atoms. The second kappa shape index (κ2) is 7.45. The van der Waals surface area contributed by atoms with E-state index in [0.29, 0.717) is 12.5 Å². The van der Waals surface area contributed by atoms with Gasteiger partial charge in [-0.25, -0.2) is 9.78 Å². The van der Waals surface area contributed by atoms with E-state index in [-0.39, 0.29) is 6.04 Å². The minimum Gasteiger partial charge on any atom is -0.475 e. The molecule has 0 saturated carbocycles. The lowest BCUT2D eigenvalue weighted by atomic mass is 10.2. The number of aryl methyl sites for hydroxylation is 1. The third-order valence-corrected chi connectivity index (χ3v) is 3.68. The van der Waals surface area contributed by atoms with Crippen LogP contribution in [0.5, 0.6) is 5.88 Å². The van der Waals surface area contributed by atoms with Crippen LogP contribution in [0.3, 0.4) is 0 Å². The quantitative estimate of drug-likeness (QED) is 0.787. The molecule has 0 aliphatic rings. The first kappa shape index (κ1) is 18.2. The molecule has 1 amide bonds. The van der Waals surface area contributed by atoms with Gasteiger partial charge in [-0.15, -0.1) is 0 Å². The highest BCUT2D eigenvalue weighted by molar-refractivity contribution is 9.11. The number of ether oxygens (including phenoxy) is 2. The van der Waals surface area contributed by atoms with Crippen LogP contribution in [0.1, 0.15) is 33.4 Å². The molecule has 0 saturated heterocycles. The molecule has 0 unspecified atom stereocenters. The zero-order valence-corrected chi connectivity index (χ0v) is 16.0. The van der Waals surface area contributed by atoms with Crippen LogP contribution < -0.4 is 10.1 Å². The fourth-order valence-corrected chi connectivity index (χ4v) is 2.45. The van der Waals surface area contributed by atoms with Gasteiger partial charge in [0.2, 0.25) is 5.88 Å². The van der Waals surface area contributed by atoms with Crippen molar-refractivity contribution in [3.05, 3.63) is 20.7 Å². The van der Waals surface area contributed by atoms with Crippen molar-refractivity contribution in [2.24, 2.45) is 0 Å². The minimum atomic E-state index is -0.516. The Morgan fingerprint density at radius 2 is 2.00 bits per heavy atom. The number of amides is 1. The van der Waals surface area contributed by atoms with Crippen LogP contribution in [0.4, 0.5) is 4.79 Å². The molecule has 21 heavy (non-hydrogen) atoms. The van der Waals surface area contributed by atoms with Gasteiger partial charge in [0.05, 0.1) is 16.2 Å². The van der Waals surface area contributed by atoms with E-state index in [1.54, 1.807) is 0 Å². The predicted molar refractivity (Wildman–Crippen MR) is 88.7 cm³/mol. The van der Waals surface area contributed by atoms with Crippen molar-refractivity contribution in [3.63, 3.8) is 0 Å². The Kier molecular flexibility index (Phi) is 6.46. The maximum atomic E-state index is 11.6. The Balaban J connectivity index is 2.52. The van der Waals surface area contributed by atoms with Crippen molar-refractivity contribution in [3.8, 4) is 5.88 Å². The summed E-state index contributed by atoms with van der Waals surface area (Å²) in [7, 11) is 0. The Morgan fingerprint density at radius 3 is 2.57 bits per heavy atom. The van der Waals surface area contributed by atoms with Gasteiger partial charge in [0.15, 0.2) is 0 Å². The van der Waals surface area contributed by atoms with Gasteiger partial charge in [-0.2, -0.15) is 0 Å². The number of carbonyl (C=O) groups is 1. The topological polar surface area (TPSA) is 60.5 Å². The zero-order valence-electron chi connectivity index (χ0n) is 12.8. The van der Waals surface area contributed by atoms with Crippen molar-refractivity contribution in [2.75, 3.05) is 6.61 Å². The maximum absolute atomic E-state index is 11.6. The van der Waals surface area contributed by atoms with E-state index >= 15 is 0 Å². The standard InChI is InChI=1S/C14H20Br2N2O3/c1-8(17-13(19)21-14(3,4)5)7-20-12-11(16)6-10(15)9(2)18-12/h6,8H,7H2,1-5H3,(H,17,19)/t8-/m0/s1. The molecule has 5 nitrogen and oxygen atoms in total. The molecule has 0 bridgehead atoms. The maximum Gasteiger partial charge on any atom is 0.407 e. The highest BCUT2D eigenvalue weighted by atomic mass is 79.9. The van der Waals surface area contributed by atoms with Crippen LogP contribution >= 0.6 is 31.9 Å². The van der Waals surface area contributed by atoms with Crippen molar-refractivity contribution < 1.29 is 14.3 Å². The smallest absolute Gasteiger partial charge is 0.407 e. The van der Waals surface area contributed by atoms with Crippen molar-refractivity contribution >= 4 is 38.0 Å². The number of hydrogen-bond acceptors (Lipinski definition) is 4. The highest BCUT2D eigenvalue weighted by Gasteiger charge is 2.18. The monoisotopic (exact) mass is 422 g/mol. The van der Waals surface area contributed by atoms with Crippen LogP contribution in [-0.4, -0.2) is 29.3 Å². The van der Waals surface area contributed by atoms with E-state index in [1.165, 1.54) is 0 Å². The molecule has 0 fully saturated rings. The van der Waals surface area contributed by atoms with E-state index in [2.05, 4.69) is 42.2 Å². The summed E-state index contributed by atoms with van der Waals surface area (Å²) in [4.78, 5) is 15.9. The summed E-state index contributed by atoms with van der Waals surface area (Å²) in [6.45, 7) is 9.47. The molecule has 7 heteroatoms. The minimum absolute atomic E-state index is 0.197. The van der Waals surface area contributed by atoms with Gasteiger partial charge in [0.25, 0.3) is 0 Å². The third-order valence-electron chi connectivity index (χ3n) is 2.31. The van der Waals surface area contributed by atoms with Crippen LogP contribution in [0.2, 0.25) is 0 Å². The number of pyridine rings is 1. The SMILES string of the molecule is Cc1nc(OC[C@H](C)NC(=O)OC(C)(C)C)c(Br)cc1Br. The van der Waals surface area contributed by atoms with E-state index < -0.39 is 11.7 Å². The van der Waals surface area contributed by atoms with Crippen molar-refractivity contribution in [2.45, 2.75) is 46.3 Å². The molecule has 1 rings (SSSR count).